The second-order valence-corrected chi connectivity index (χ2v) is 11.1. The van der Waals surface area contributed by atoms with Gasteiger partial charge in [-0.1, -0.05) is 65.3 Å². The monoisotopic (exact) mass is 501 g/mol. The maximum atomic E-state index is 14.4. The summed E-state index contributed by atoms with van der Waals surface area (Å²) in [7, 11) is 0. The summed E-state index contributed by atoms with van der Waals surface area (Å²) in [4.78, 5) is 47.9. The van der Waals surface area contributed by atoms with E-state index in [0.717, 1.165) is 19.3 Å². The van der Waals surface area contributed by atoms with Gasteiger partial charge < -0.3 is 24.5 Å². The van der Waals surface area contributed by atoms with Crippen molar-refractivity contribution in [1.29, 1.82) is 0 Å². The van der Waals surface area contributed by atoms with Gasteiger partial charge in [-0.25, -0.2) is 0 Å². The van der Waals surface area contributed by atoms with Crippen LogP contribution in [-0.2, 0) is 19.1 Å². The number of carbonyl (C=O) groups is 3. The summed E-state index contributed by atoms with van der Waals surface area (Å²) >= 11 is 0. The van der Waals surface area contributed by atoms with E-state index >= 15 is 0 Å². The van der Waals surface area contributed by atoms with Crippen LogP contribution in [-0.4, -0.2) is 93.6 Å². The van der Waals surface area contributed by atoms with E-state index < -0.39 is 35.1 Å². The molecule has 0 saturated carbocycles. The van der Waals surface area contributed by atoms with E-state index in [1.807, 2.05) is 56.9 Å². The van der Waals surface area contributed by atoms with Crippen LogP contribution >= 0.6 is 0 Å². The van der Waals surface area contributed by atoms with Crippen molar-refractivity contribution in [1.82, 2.24) is 14.7 Å². The highest BCUT2D eigenvalue weighted by atomic mass is 16.5. The Morgan fingerprint density at radius 2 is 1.61 bits per heavy atom. The van der Waals surface area contributed by atoms with Gasteiger partial charge in [-0.15, -0.1) is 0 Å². The summed E-state index contributed by atoms with van der Waals surface area (Å²) < 4.78 is 6.96. The fraction of sp³-hybridized carbons (Fsp3) is 0.750. The van der Waals surface area contributed by atoms with Crippen molar-refractivity contribution in [3.05, 3.63) is 24.3 Å². The van der Waals surface area contributed by atoms with E-state index in [9.17, 15) is 19.5 Å². The molecule has 4 heterocycles. The number of unbranched alkanes of at least 4 members (excludes halogenated alkanes) is 1. The van der Waals surface area contributed by atoms with E-state index in [1.54, 1.807) is 9.80 Å². The SMILES string of the molecule is CCCCN1CC=C[C@]23O[C@]4(CC)C=CCN(CCC)C(=O)[C@@H]4[C@H]2C(=O)N([C@@H](CO)C(C)C)C3C1=O. The number of hydrogen-bond donors (Lipinski definition) is 1. The molecular weight excluding hydrogens is 458 g/mol. The van der Waals surface area contributed by atoms with Crippen molar-refractivity contribution in [2.24, 2.45) is 17.8 Å². The molecule has 4 aliphatic rings. The Kier molecular flexibility index (Phi) is 7.68. The van der Waals surface area contributed by atoms with Crippen LogP contribution in [0.5, 0.6) is 0 Å². The lowest BCUT2D eigenvalue weighted by Gasteiger charge is -2.41. The third-order valence-electron chi connectivity index (χ3n) is 8.63. The quantitative estimate of drug-likeness (QED) is 0.490. The number of aliphatic hydroxyl groups excluding tert-OH is 1. The molecule has 8 heteroatoms. The van der Waals surface area contributed by atoms with Crippen molar-refractivity contribution in [3.8, 4) is 0 Å². The van der Waals surface area contributed by atoms with Crippen molar-refractivity contribution < 1.29 is 24.2 Å². The van der Waals surface area contributed by atoms with E-state index in [0.29, 0.717) is 32.6 Å². The van der Waals surface area contributed by atoms with Crippen LogP contribution in [0.1, 0.15) is 60.3 Å². The highest BCUT2D eigenvalue weighted by molar-refractivity contribution is 6.00. The molecule has 2 saturated heterocycles. The van der Waals surface area contributed by atoms with Crippen LogP contribution in [0.2, 0.25) is 0 Å². The van der Waals surface area contributed by atoms with Gasteiger partial charge in [0, 0.05) is 26.2 Å². The molecular formula is C28H43N3O5. The molecule has 4 aliphatic heterocycles. The lowest BCUT2D eigenvalue weighted by atomic mass is 9.73. The van der Waals surface area contributed by atoms with Gasteiger partial charge in [0.1, 0.15) is 11.6 Å². The van der Waals surface area contributed by atoms with Gasteiger partial charge in [0.25, 0.3) is 0 Å². The molecule has 2 fully saturated rings. The number of nitrogens with zero attached hydrogens (tertiary/aromatic N) is 3. The molecule has 1 spiro atoms. The largest absolute Gasteiger partial charge is 0.394 e. The van der Waals surface area contributed by atoms with Crippen molar-refractivity contribution >= 4 is 17.7 Å². The number of hydrogen-bond acceptors (Lipinski definition) is 5. The van der Waals surface area contributed by atoms with Crippen molar-refractivity contribution in [2.75, 3.05) is 32.8 Å². The molecule has 1 N–H and O–H groups in total. The smallest absolute Gasteiger partial charge is 0.249 e. The number of carbonyl (C=O) groups excluding carboxylic acids is 3. The number of ether oxygens (including phenoxy) is 1. The minimum absolute atomic E-state index is 0.0730. The summed E-state index contributed by atoms with van der Waals surface area (Å²) in [6, 6.07) is -1.46. The Bertz CT molecular complexity index is 932. The molecule has 0 aliphatic carbocycles. The molecule has 6 atom stereocenters. The zero-order chi connectivity index (χ0) is 26.3. The zero-order valence-corrected chi connectivity index (χ0v) is 22.5. The standard InChI is InChI=1S/C28H43N3O5/c1-6-9-15-30-17-11-13-28-22(25(34)31(23(28)26(30)35)20(18-32)19(4)5)21-24(33)29(14-7-2)16-10-12-27(21,8-3)36-28/h10-13,19-23,32H,6-9,14-18H2,1-5H3/t20-,21-,22-,23?,27+,28-/m0/s1. The van der Waals surface area contributed by atoms with Gasteiger partial charge in [0.05, 0.1) is 30.1 Å². The third kappa shape index (κ3) is 3.92. The molecule has 4 rings (SSSR count). The fourth-order valence-corrected chi connectivity index (χ4v) is 6.80. The summed E-state index contributed by atoms with van der Waals surface area (Å²) in [6.45, 7) is 11.9. The Hall–Kier alpha value is -2.19. The van der Waals surface area contributed by atoms with Crippen LogP contribution < -0.4 is 0 Å². The van der Waals surface area contributed by atoms with Crippen LogP contribution in [0, 0.1) is 17.8 Å². The number of aliphatic hydroxyl groups is 1. The Balaban J connectivity index is 1.90. The first-order chi connectivity index (χ1) is 17.2. The maximum absolute atomic E-state index is 14.4. The molecule has 0 aromatic rings. The minimum atomic E-state index is -1.26. The van der Waals surface area contributed by atoms with E-state index in [4.69, 9.17) is 4.74 Å². The normalized spacial score (nSPS) is 34.7. The summed E-state index contributed by atoms with van der Waals surface area (Å²) in [5, 5.41) is 10.4. The summed E-state index contributed by atoms with van der Waals surface area (Å²) in [5.41, 5.74) is -2.21. The van der Waals surface area contributed by atoms with Crippen LogP contribution in [0.15, 0.2) is 24.3 Å². The van der Waals surface area contributed by atoms with Crippen LogP contribution in [0.25, 0.3) is 0 Å². The van der Waals surface area contributed by atoms with Gasteiger partial charge in [-0.3, -0.25) is 14.4 Å². The second kappa shape index (κ2) is 10.3. The molecule has 0 bridgehead atoms. The lowest BCUT2D eigenvalue weighted by molar-refractivity contribution is -0.158. The topological polar surface area (TPSA) is 90.4 Å². The number of likely N-dealkylation sites (tertiary alicyclic amines) is 1. The Labute approximate surface area is 215 Å². The number of rotatable bonds is 9. The molecule has 200 valence electrons. The molecule has 36 heavy (non-hydrogen) atoms. The number of fused-ring (bicyclic) bond motifs is 2. The molecule has 3 amide bonds. The van der Waals surface area contributed by atoms with Crippen molar-refractivity contribution in [2.45, 2.75) is 83.6 Å². The van der Waals surface area contributed by atoms with Gasteiger partial charge in [-0.2, -0.15) is 0 Å². The maximum Gasteiger partial charge on any atom is 0.249 e. The Morgan fingerprint density at radius 1 is 0.944 bits per heavy atom. The zero-order valence-electron chi connectivity index (χ0n) is 22.5. The molecule has 1 unspecified atom stereocenters. The van der Waals surface area contributed by atoms with Crippen molar-refractivity contribution in [3.63, 3.8) is 0 Å². The fourth-order valence-electron chi connectivity index (χ4n) is 6.80. The Morgan fingerprint density at radius 3 is 2.19 bits per heavy atom. The lowest BCUT2D eigenvalue weighted by Crippen LogP contribution is -2.59. The van der Waals surface area contributed by atoms with E-state index in [-0.39, 0.29) is 30.2 Å². The average molecular weight is 502 g/mol. The first kappa shape index (κ1) is 26.9. The van der Waals surface area contributed by atoms with Crippen LogP contribution in [0.4, 0.5) is 0 Å². The summed E-state index contributed by atoms with van der Waals surface area (Å²) in [6.07, 6.45) is 10.9. The highest BCUT2D eigenvalue weighted by Gasteiger charge is 2.75. The number of amides is 3. The summed E-state index contributed by atoms with van der Waals surface area (Å²) in [5.74, 6) is -2.12. The predicted octanol–water partition coefficient (Wildman–Crippen LogP) is 2.37. The minimum Gasteiger partial charge on any atom is -0.394 e. The van der Waals surface area contributed by atoms with Gasteiger partial charge in [0.2, 0.25) is 17.7 Å². The predicted molar refractivity (Wildman–Crippen MR) is 137 cm³/mol. The molecule has 8 nitrogen and oxygen atoms in total. The third-order valence-corrected chi connectivity index (χ3v) is 8.63. The first-order valence-corrected chi connectivity index (χ1v) is 13.8. The first-order valence-electron chi connectivity index (χ1n) is 13.8. The van der Waals surface area contributed by atoms with Crippen LogP contribution in [0.3, 0.4) is 0 Å². The molecule has 0 radical (unpaired) electrons. The van der Waals surface area contributed by atoms with E-state index in [2.05, 4.69) is 6.92 Å². The average Bonchev–Trinajstić information content (AvgIpc) is 3.15. The highest BCUT2D eigenvalue weighted by Crippen LogP contribution is 2.59. The van der Waals surface area contributed by atoms with Gasteiger partial charge >= 0.3 is 0 Å². The second-order valence-electron chi connectivity index (χ2n) is 11.1. The van der Waals surface area contributed by atoms with E-state index in [1.165, 1.54) is 0 Å². The van der Waals surface area contributed by atoms with Gasteiger partial charge in [0.15, 0.2) is 0 Å². The van der Waals surface area contributed by atoms with Gasteiger partial charge in [-0.05, 0) is 25.2 Å². The molecule has 0 aromatic carbocycles. The molecule has 0 aromatic heterocycles.